The second-order valence-electron chi connectivity index (χ2n) is 9.15. The van der Waals surface area contributed by atoms with E-state index in [9.17, 15) is 14.4 Å². The van der Waals surface area contributed by atoms with Gasteiger partial charge in [0.15, 0.2) is 0 Å². The summed E-state index contributed by atoms with van der Waals surface area (Å²) < 4.78 is 5.41. The predicted octanol–water partition coefficient (Wildman–Crippen LogP) is 4.09. The number of likely N-dealkylation sites (N-methyl/N-ethyl adjacent to an activating group) is 1. The van der Waals surface area contributed by atoms with Crippen molar-refractivity contribution in [3.05, 3.63) is 76.5 Å². The zero-order valence-electron chi connectivity index (χ0n) is 21.2. The number of anilines is 1. The molecular weight excluding hydrogens is 494 g/mol. The number of hydrogen-bond acceptors (Lipinski definition) is 5. The summed E-state index contributed by atoms with van der Waals surface area (Å²) >= 11 is 6.21. The van der Waals surface area contributed by atoms with E-state index in [0.29, 0.717) is 48.0 Å². The van der Waals surface area contributed by atoms with Crippen molar-refractivity contribution in [3.63, 3.8) is 0 Å². The number of carbonyl (C=O) groups is 3. The fourth-order valence-corrected chi connectivity index (χ4v) is 4.94. The Morgan fingerprint density at radius 3 is 2.57 bits per heavy atom. The average molecular weight is 526 g/mol. The maximum absolute atomic E-state index is 13.2. The first-order valence-corrected chi connectivity index (χ1v) is 12.7. The number of amides is 4. The summed E-state index contributed by atoms with van der Waals surface area (Å²) in [5, 5.41) is 6.36. The van der Waals surface area contributed by atoms with Crippen LogP contribution in [0, 0.1) is 0 Å². The van der Waals surface area contributed by atoms with Crippen molar-refractivity contribution in [1.82, 2.24) is 20.0 Å². The highest BCUT2D eigenvalue weighted by atomic mass is 35.5. The van der Waals surface area contributed by atoms with Gasteiger partial charge in [0.2, 0.25) is 0 Å². The molecule has 196 valence electrons. The van der Waals surface area contributed by atoms with Crippen LogP contribution >= 0.6 is 11.6 Å². The normalized spacial score (nSPS) is 20.5. The van der Waals surface area contributed by atoms with Gasteiger partial charge < -0.3 is 20.3 Å². The highest BCUT2D eigenvalue weighted by molar-refractivity contribution is 6.30. The molecule has 2 aromatic rings. The van der Waals surface area contributed by atoms with E-state index in [1.165, 1.54) is 4.90 Å². The third-order valence-electron chi connectivity index (χ3n) is 6.63. The van der Waals surface area contributed by atoms with Gasteiger partial charge in [-0.2, -0.15) is 0 Å². The molecule has 1 saturated heterocycles. The van der Waals surface area contributed by atoms with Crippen LogP contribution in [0.2, 0.25) is 5.02 Å². The first-order chi connectivity index (χ1) is 17.8. The predicted molar refractivity (Wildman–Crippen MR) is 142 cm³/mol. The van der Waals surface area contributed by atoms with Gasteiger partial charge in [-0.05, 0) is 43.7 Å². The SMILES string of the molecule is CCOC(=O)C1=C(CN2CCN(C(=O)Nc3ccccc3)[C@@H](C)C2)N(C)C(=O)N[C@@H]1c1cccc(Cl)c1. The average Bonchev–Trinajstić information content (AvgIpc) is 2.87. The molecule has 0 radical (unpaired) electrons. The van der Waals surface area contributed by atoms with Crippen LogP contribution in [-0.2, 0) is 9.53 Å². The van der Waals surface area contributed by atoms with Gasteiger partial charge in [0.05, 0.1) is 18.2 Å². The number of esters is 1. The maximum Gasteiger partial charge on any atom is 0.338 e. The lowest BCUT2D eigenvalue weighted by molar-refractivity contribution is -0.139. The van der Waals surface area contributed by atoms with Crippen LogP contribution in [0.25, 0.3) is 0 Å². The highest BCUT2D eigenvalue weighted by Crippen LogP contribution is 2.32. The third-order valence-corrected chi connectivity index (χ3v) is 6.86. The van der Waals surface area contributed by atoms with E-state index in [1.54, 1.807) is 37.1 Å². The molecule has 0 aromatic heterocycles. The Morgan fingerprint density at radius 1 is 1.14 bits per heavy atom. The van der Waals surface area contributed by atoms with Crippen LogP contribution in [-0.4, -0.2) is 78.6 Å². The second-order valence-corrected chi connectivity index (χ2v) is 9.59. The molecule has 0 bridgehead atoms. The van der Waals surface area contributed by atoms with Crippen molar-refractivity contribution in [2.24, 2.45) is 0 Å². The summed E-state index contributed by atoms with van der Waals surface area (Å²) in [6.45, 7) is 5.98. The van der Waals surface area contributed by atoms with E-state index in [2.05, 4.69) is 15.5 Å². The molecule has 2 aliphatic heterocycles. The number of urea groups is 2. The fraction of sp³-hybridized carbons (Fsp3) is 0.370. The number of piperazine rings is 1. The van der Waals surface area contributed by atoms with Crippen LogP contribution in [0.1, 0.15) is 25.5 Å². The minimum Gasteiger partial charge on any atom is -0.463 e. The zero-order valence-corrected chi connectivity index (χ0v) is 22.0. The van der Waals surface area contributed by atoms with E-state index < -0.39 is 12.0 Å². The van der Waals surface area contributed by atoms with Crippen LogP contribution in [0.15, 0.2) is 65.9 Å². The Morgan fingerprint density at radius 2 is 1.89 bits per heavy atom. The molecule has 0 saturated carbocycles. The fourth-order valence-electron chi connectivity index (χ4n) is 4.74. The topological polar surface area (TPSA) is 94.2 Å². The molecule has 2 aromatic carbocycles. The van der Waals surface area contributed by atoms with Gasteiger partial charge in [-0.25, -0.2) is 14.4 Å². The number of ether oxygens (including phenoxy) is 1. The van der Waals surface area contributed by atoms with Gasteiger partial charge in [-0.3, -0.25) is 9.80 Å². The number of benzene rings is 2. The summed E-state index contributed by atoms with van der Waals surface area (Å²) in [4.78, 5) is 44.4. The number of nitrogens with zero attached hydrogens (tertiary/aromatic N) is 3. The van der Waals surface area contributed by atoms with Crippen LogP contribution in [0.5, 0.6) is 0 Å². The van der Waals surface area contributed by atoms with Crippen molar-refractivity contribution in [2.45, 2.75) is 25.9 Å². The number of carbonyl (C=O) groups excluding carboxylic acids is 3. The molecular formula is C27H32ClN5O4. The Bertz CT molecular complexity index is 1190. The van der Waals surface area contributed by atoms with Crippen molar-refractivity contribution >= 4 is 35.3 Å². The quantitative estimate of drug-likeness (QED) is 0.554. The molecule has 2 atom stereocenters. The number of rotatable bonds is 6. The molecule has 4 rings (SSSR count). The van der Waals surface area contributed by atoms with Gasteiger partial charge >= 0.3 is 18.0 Å². The molecule has 4 amide bonds. The molecule has 0 unspecified atom stereocenters. The van der Waals surface area contributed by atoms with Crippen LogP contribution in [0.3, 0.4) is 0 Å². The Kier molecular flexibility index (Phi) is 8.35. The molecule has 2 heterocycles. The summed E-state index contributed by atoms with van der Waals surface area (Å²) in [6, 6.07) is 15.2. The van der Waals surface area contributed by atoms with E-state index >= 15 is 0 Å². The Balaban J connectivity index is 1.56. The monoisotopic (exact) mass is 525 g/mol. The maximum atomic E-state index is 13.2. The highest BCUT2D eigenvalue weighted by Gasteiger charge is 2.38. The molecule has 0 spiro atoms. The summed E-state index contributed by atoms with van der Waals surface area (Å²) in [5.74, 6) is -0.483. The van der Waals surface area contributed by atoms with Gasteiger partial charge in [0.1, 0.15) is 0 Å². The number of hydrogen-bond donors (Lipinski definition) is 2. The first kappa shape index (κ1) is 26.5. The molecule has 2 aliphatic rings. The largest absolute Gasteiger partial charge is 0.463 e. The van der Waals surface area contributed by atoms with Crippen LogP contribution < -0.4 is 10.6 Å². The third kappa shape index (κ3) is 6.06. The molecule has 9 nitrogen and oxygen atoms in total. The van der Waals surface area contributed by atoms with E-state index in [4.69, 9.17) is 16.3 Å². The molecule has 0 aliphatic carbocycles. The van der Waals surface area contributed by atoms with Crippen molar-refractivity contribution in [1.29, 1.82) is 0 Å². The van der Waals surface area contributed by atoms with Crippen molar-refractivity contribution in [3.8, 4) is 0 Å². The van der Waals surface area contributed by atoms with E-state index in [-0.39, 0.29) is 24.7 Å². The lowest BCUT2D eigenvalue weighted by atomic mass is 9.94. The Hall–Kier alpha value is -3.56. The van der Waals surface area contributed by atoms with Gasteiger partial charge in [-0.1, -0.05) is 41.9 Å². The lowest BCUT2D eigenvalue weighted by Crippen LogP contribution is -2.56. The van der Waals surface area contributed by atoms with Crippen molar-refractivity contribution < 1.29 is 19.1 Å². The lowest BCUT2D eigenvalue weighted by Gasteiger charge is -2.42. The smallest absolute Gasteiger partial charge is 0.338 e. The number of halogens is 1. The molecule has 2 N–H and O–H groups in total. The second kappa shape index (κ2) is 11.7. The minimum atomic E-state index is -0.688. The van der Waals surface area contributed by atoms with Crippen molar-refractivity contribution in [2.75, 3.05) is 45.2 Å². The number of para-hydroxylation sites is 1. The van der Waals surface area contributed by atoms with Crippen LogP contribution in [0.4, 0.5) is 15.3 Å². The van der Waals surface area contributed by atoms with Gasteiger partial charge in [-0.15, -0.1) is 0 Å². The molecule has 1 fully saturated rings. The summed E-state index contributed by atoms with van der Waals surface area (Å²) in [5.41, 5.74) is 2.39. The van der Waals surface area contributed by atoms with Gasteiger partial charge in [0, 0.05) is 55.7 Å². The van der Waals surface area contributed by atoms with Gasteiger partial charge in [0.25, 0.3) is 0 Å². The first-order valence-electron chi connectivity index (χ1n) is 12.3. The Labute approximate surface area is 222 Å². The zero-order chi connectivity index (χ0) is 26.5. The number of nitrogens with one attached hydrogen (secondary N) is 2. The molecule has 10 heteroatoms. The summed E-state index contributed by atoms with van der Waals surface area (Å²) in [6.07, 6.45) is 0. The summed E-state index contributed by atoms with van der Waals surface area (Å²) in [7, 11) is 1.64. The molecule has 37 heavy (non-hydrogen) atoms. The minimum absolute atomic E-state index is 0.0736. The van der Waals surface area contributed by atoms with E-state index in [0.717, 1.165) is 5.69 Å². The standard InChI is InChI=1S/C27H32ClN5O4/c1-4-37-25(34)23-22(31(3)26(35)30-24(23)19-9-8-10-20(28)15-19)17-32-13-14-33(18(2)16-32)27(36)29-21-11-6-5-7-12-21/h5-12,15,18,24H,4,13-14,16-17H2,1-3H3,(H,29,36)(H,30,35)/t18-,24+/m0/s1. The van der Waals surface area contributed by atoms with E-state index in [1.807, 2.05) is 43.3 Å².